The van der Waals surface area contributed by atoms with Crippen molar-refractivity contribution in [2.24, 2.45) is 5.10 Å². The van der Waals surface area contributed by atoms with Crippen LogP contribution in [0.2, 0.25) is 0 Å². The normalized spacial score (nSPS) is 19.5. The Balaban J connectivity index is 1.70. The van der Waals surface area contributed by atoms with Crippen LogP contribution in [0.1, 0.15) is 6.92 Å². The molecule has 9 nitrogen and oxygen atoms in total. The van der Waals surface area contributed by atoms with Gasteiger partial charge in [0, 0.05) is 13.5 Å². The van der Waals surface area contributed by atoms with Crippen LogP contribution < -0.4 is 15.1 Å². The first kappa shape index (κ1) is 17.6. The second-order valence-electron chi connectivity index (χ2n) is 5.88. The fourth-order valence-corrected chi connectivity index (χ4v) is 2.71. The second-order valence-corrected chi connectivity index (χ2v) is 5.88. The van der Waals surface area contributed by atoms with Gasteiger partial charge in [0.1, 0.15) is 18.3 Å². The van der Waals surface area contributed by atoms with E-state index in [-0.39, 0.29) is 19.0 Å². The van der Waals surface area contributed by atoms with Gasteiger partial charge in [-0.25, -0.2) is 14.2 Å². The van der Waals surface area contributed by atoms with Crippen LogP contribution in [-0.4, -0.2) is 62.0 Å². The fourth-order valence-electron chi connectivity index (χ4n) is 2.71. The maximum atomic E-state index is 14.5. The summed E-state index contributed by atoms with van der Waals surface area (Å²) in [5.74, 6) is -0.738. The summed E-state index contributed by atoms with van der Waals surface area (Å²) in [7, 11) is 0. The molecular weight excluding hydrogens is 345 g/mol. The van der Waals surface area contributed by atoms with E-state index in [4.69, 9.17) is 4.74 Å². The summed E-state index contributed by atoms with van der Waals surface area (Å²) >= 11 is 0. The van der Waals surface area contributed by atoms with Crippen LogP contribution in [0.15, 0.2) is 23.3 Å². The quantitative estimate of drug-likeness (QED) is 0.769. The number of anilines is 2. The van der Waals surface area contributed by atoms with E-state index in [0.717, 1.165) is 0 Å². The van der Waals surface area contributed by atoms with Crippen molar-refractivity contribution < 1.29 is 23.5 Å². The van der Waals surface area contributed by atoms with Gasteiger partial charge in [-0.15, -0.1) is 0 Å². The molecule has 1 unspecified atom stereocenters. The van der Waals surface area contributed by atoms with Crippen molar-refractivity contribution in [3.63, 3.8) is 0 Å². The van der Waals surface area contributed by atoms with Crippen molar-refractivity contribution in [3.8, 4) is 0 Å². The summed E-state index contributed by atoms with van der Waals surface area (Å²) < 4.78 is 19.7. The molecule has 0 saturated carbocycles. The smallest absolute Gasteiger partial charge is 0.414 e. The third-order valence-corrected chi connectivity index (χ3v) is 4.04. The van der Waals surface area contributed by atoms with Crippen molar-refractivity contribution in [2.45, 2.75) is 13.0 Å². The number of carbonyl (C=O) groups is 3. The van der Waals surface area contributed by atoms with E-state index in [1.165, 1.54) is 29.2 Å². The number of carbonyl (C=O) groups excluding carboxylic acids is 3. The molecule has 1 aromatic rings. The summed E-state index contributed by atoms with van der Waals surface area (Å²) in [6, 6.07) is 4.40. The van der Waals surface area contributed by atoms with Crippen molar-refractivity contribution in [3.05, 3.63) is 24.0 Å². The zero-order valence-electron chi connectivity index (χ0n) is 14.1. The number of hydrazone groups is 1. The van der Waals surface area contributed by atoms with E-state index >= 15 is 0 Å². The molecule has 1 atom stereocenters. The molecule has 2 aliphatic rings. The van der Waals surface area contributed by atoms with E-state index < -0.39 is 18.0 Å². The number of hydrogen-bond acceptors (Lipinski definition) is 6. The number of amides is 3. The molecule has 1 fully saturated rings. The number of ether oxygens (including phenoxy) is 1. The summed E-state index contributed by atoms with van der Waals surface area (Å²) in [5.41, 5.74) is 0.662. The molecule has 138 valence electrons. The average molecular weight is 363 g/mol. The summed E-state index contributed by atoms with van der Waals surface area (Å²) in [5, 5.41) is 7.69. The highest BCUT2D eigenvalue weighted by Crippen LogP contribution is 2.28. The second kappa shape index (κ2) is 7.38. The molecule has 3 amide bonds. The molecule has 1 N–H and O–H groups in total. The Morgan fingerprint density at radius 2 is 2.27 bits per heavy atom. The molecule has 10 heteroatoms. The summed E-state index contributed by atoms with van der Waals surface area (Å²) in [6.07, 6.45) is 0.902. The molecule has 3 rings (SSSR count). The van der Waals surface area contributed by atoms with Crippen LogP contribution in [0, 0.1) is 5.82 Å². The van der Waals surface area contributed by atoms with E-state index in [1.54, 1.807) is 17.0 Å². The first-order valence-corrected chi connectivity index (χ1v) is 8.02. The Kier molecular flexibility index (Phi) is 5.01. The van der Waals surface area contributed by atoms with Gasteiger partial charge in [0.15, 0.2) is 0 Å². The number of rotatable bonds is 5. The number of benzene rings is 1. The van der Waals surface area contributed by atoms with Crippen LogP contribution in [-0.2, 0) is 14.3 Å². The van der Waals surface area contributed by atoms with Gasteiger partial charge in [-0.3, -0.25) is 14.5 Å². The Bertz CT molecular complexity index is 756. The molecule has 0 aliphatic carbocycles. The largest absolute Gasteiger partial charge is 0.442 e. The molecule has 2 heterocycles. The standard InChI is InChI=1S/C16H18FN5O4/c1-11(24)18-7-13-8-22(16(25)26-13)12-2-3-15(14(17)6-12)20-4-5-21(10-23)19-9-20/h2-3,6,9-10,13H,4-5,7-8H2,1H3,(H,18,24). The van der Waals surface area contributed by atoms with Gasteiger partial charge in [-0.05, 0) is 18.2 Å². The molecule has 0 bridgehead atoms. The Morgan fingerprint density at radius 1 is 1.46 bits per heavy atom. The summed E-state index contributed by atoms with van der Waals surface area (Å²) in [6.45, 7) is 2.56. The SMILES string of the molecule is CC(=O)NCC1CN(c2ccc(N3C=NN(C=O)CC3)c(F)c2)C(=O)O1. The van der Waals surface area contributed by atoms with E-state index in [0.29, 0.717) is 30.9 Å². The summed E-state index contributed by atoms with van der Waals surface area (Å²) in [4.78, 5) is 36.5. The van der Waals surface area contributed by atoms with E-state index in [1.807, 2.05) is 0 Å². The lowest BCUT2D eigenvalue weighted by Gasteiger charge is -2.27. The van der Waals surface area contributed by atoms with Gasteiger partial charge < -0.3 is 15.0 Å². The molecule has 0 spiro atoms. The van der Waals surface area contributed by atoms with Crippen LogP contribution in [0.25, 0.3) is 0 Å². The zero-order chi connectivity index (χ0) is 18.7. The van der Waals surface area contributed by atoms with Gasteiger partial charge in [-0.1, -0.05) is 0 Å². The lowest BCUT2D eigenvalue weighted by molar-refractivity contribution is -0.119. The minimum atomic E-state index is -0.589. The third kappa shape index (κ3) is 3.73. The molecule has 2 aliphatic heterocycles. The van der Waals surface area contributed by atoms with Gasteiger partial charge in [-0.2, -0.15) is 5.10 Å². The van der Waals surface area contributed by atoms with Crippen LogP contribution in [0.5, 0.6) is 0 Å². The number of halogens is 1. The van der Waals surface area contributed by atoms with Gasteiger partial charge in [0.25, 0.3) is 0 Å². The third-order valence-electron chi connectivity index (χ3n) is 4.04. The minimum Gasteiger partial charge on any atom is -0.442 e. The number of nitrogens with zero attached hydrogens (tertiary/aromatic N) is 4. The van der Waals surface area contributed by atoms with Gasteiger partial charge >= 0.3 is 6.09 Å². The van der Waals surface area contributed by atoms with E-state index in [9.17, 15) is 18.8 Å². The van der Waals surface area contributed by atoms with Crippen LogP contribution in [0.4, 0.5) is 20.6 Å². The highest BCUT2D eigenvalue weighted by atomic mass is 19.1. The van der Waals surface area contributed by atoms with Gasteiger partial charge in [0.2, 0.25) is 12.3 Å². The zero-order valence-corrected chi connectivity index (χ0v) is 14.1. The predicted octanol–water partition coefficient (Wildman–Crippen LogP) is 0.509. The monoisotopic (exact) mass is 363 g/mol. The molecule has 0 aromatic heterocycles. The topological polar surface area (TPSA) is 94.5 Å². The number of hydrogen-bond donors (Lipinski definition) is 1. The highest BCUT2D eigenvalue weighted by Gasteiger charge is 2.33. The highest BCUT2D eigenvalue weighted by molar-refractivity contribution is 5.90. The lowest BCUT2D eigenvalue weighted by Crippen LogP contribution is -2.37. The molecular formula is C16H18FN5O4. The van der Waals surface area contributed by atoms with Crippen molar-refractivity contribution in [1.29, 1.82) is 0 Å². The van der Waals surface area contributed by atoms with Gasteiger partial charge in [0.05, 0.1) is 31.0 Å². The Hall–Kier alpha value is -3.17. The average Bonchev–Trinajstić information content (AvgIpc) is 3.01. The van der Waals surface area contributed by atoms with Crippen molar-refractivity contribution in [1.82, 2.24) is 10.3 Å². The first-order valence-electron chi connectivity index (χ1n) is 8.02. The molecule has 26 heavy (non-hydrogen) atoms. The van der Waals surface area contributed by atoms with Crippen LogP contribution in [0.3, 0.4) is 0 Å². The maximum absolute atomic E-state index is 14.5. The van der Waals surface area contributed by atoms with Crippen molar-refractivity contribution in [2.75, 3.05) is 36.0 Å². The minimum absolute atomic E-state index is 0.204. The van der Waals surface area contributed by atoms with Crippen LogP contribution >= 0.6 is 0 Å². The van der Waals surface area contributed by atoms with Crippen molar-refractivity contribution >= 4 is 36.1 Å². The fraction of sp³-hybridized carbons (Fsp3) is 0.375. The van der Waals surface area contributed by atoms with E-state index in [2.05, 4.69) is 10.4 Å². The number of nitrogens with one attached hydrogen (secondary N) is 1. The maximum Gasteiger partial charge on any atom is 0.414 e. The molecule has 1 saturated heterocycles. The molecule has 0 radical (unpaired) electrons. The predicted molar refractivity (Wildman–Crippen MR) is 91.3 cm³/mol. The molecule has 1 aromatic carbocycles. The lowest BCUT2D eigenvalue weighted by atomic mass is 10.2. The Morgan fingerprint density at radius 3 is 2.88 bits per heavy atom. The Labute approximate surface area is 149 Å². The number of cyclic esters (lactones) is 1. The first-order chi connectivity index (χ1) is 12.5.